The van der Waals surface area contributed by atoms with E-state index in [1.54, 1.807) is 0 Å². The monoisotopic (exact) mass is 237 g/mol. The molecule has 0 N–H and O–H groups in total. The minimum Gasteiger partial charge on any atom is -0.356 e. The third kappa shape index (κ3) is 1.91. The average molecular weight is 237 g/mol. The van der Waals surface area contributed by atoms with Crippen molar-refractivity contribution in [2.24, 2.45) is 0 Å². The van der Waals surface area contributed by atoms with Crippen LogP contribution >= 0.6 is 0 Å². The number of hydrogen-bond donors (Lipinski definition) is 0. The lowest BCUT2D eigenvalue weighted by Crippen LogP contribution is -2.30. The number of pyridine rings is 1. The van der Waals surface area contributed by atoms with Crippen molar-refractivity contribution >= 4 is 16.7 Å². The lowest BCUT2D eigenvalue weighted by Gasteiger charge is -2.28. The van der Waals surface area contributed by atoms with Crippen molar-refractivity contribution < 1.29 is 0 Å². The number of hydrogen-bond acceptors (Lipinski definition) is 3. The molecule has 1 aliphatic rings. The fourth-order valence-electron chi connectivity index (χ4n) is 2.53. The topological polar surface area (TPSA) is 39.9 Å². The Hall–Kier alpha value is -2.08. The van der Waals surface area contributed by atoms with Crippen molar-refractivity contribution in [2.45, 2.75) is 19.3 Å². The molecule has 1 saturated heterocycles. The first-order valence-electron chi connectivity index (χ1n) is 6.43. The van der Waals surface area contributed by atoms with Gasteiger partial charge in [0.1, 0.15) is 11.9 Å². The molecule has 0 atom stereocenters. The highest BCUT2D eigenvalue weighted by atomic mass is 15.2. The van der Waals surface area contributed by atoms with Gasteiger partial charge in [-0.1, -0.05) is 18.2 Å². The van der Waals surface area contributed by atoms with Gasteiger partial charge in [0.2, 0.25) is 0 Å². The number of rotatable bonds is 1. The maximum Gasteiger partial charge on any atom is 0.147 e. The standard InChI is InChI=1S/C15H15N3/c16-11-13-10-12-6-2-3-7-14(12)17-15(13)18-8-4-1-5-9-18/h2-3,6-7,10H,1,4-5,8-9H2. The summed E-state index contributed by atoms with van der Waals surface area (Å²) < 4.78 is 0. The van der Waals surface area contributed by atoms with E-state index < -0.39 is 0 Å². The van der Waals surface area contributed by atoms with Crippen LogP contribution in [0.3, 0.4) is 0 Å². The number of benzene rings is 1. The van der Waals surface area contributed by atoms with Crippen molar-refractivity contribution in [1.82, 2.24) is 4.98 Å². The fraction of sp³-hybridized carbons (Fsp3) is 0.333. The number of fused-ring (bicyclic) bond motifs is 1. The molecule has 90 valence electrons. The zero-order valence-electron chi connectivity index (χ0n) is 10.3. The molecular weight excluding hydrogens is 222 g/mol. The Balaban J connectivity index is 2.11. The summed E-state index contributed by atoms with van der Waals surface area (Å²) in [6.45, 7) is 2.03. The number of nitriles is 1. The van der Waals surface area contributed by atoms with E-state index in [2.05, 4.69) is 16.0 Å². The van der Waals surface area contributed by atoms with E-state index >= 15 is 0 Å². The molecule has 3 rings (SSSR count). The molecular formula is C15H15N3. The first-order chi connectivity index (χ1) is 8.88. The number of piperidine rings is 1. The van der Waals surface area contributed by atoms with E-state index in [1.165, 1.54) is 19.3 Å². The summed E-state index contributed by atoms with van der Waals surface area (Å²) in [4.78, 5) is 6.92. The summed E-state index contributed by atoms with van der Waals surface area (Å²) in [7, 11) is 0. The predicted octanol–water partition coefficient (Wildman–Crippen LogP) is 3.10. The fourth-order valence-corrected chi connectivity index (χ4v) is 2.53. The van der Waals surface area contributed by atoms with Crippen molar-refractivity contribution in [3.8, 4) is 6.07 Å². The zero-order chi connectivity index (χ0) is 12.4. The van der Waals surface area contributed by atoms with E-state index in [0.29, 0.717) is 5.56 Å². The van der Waals surface area contributed by atoms with E-state index in [-0.39, 0.29) is 0 Å². The SMILES string of the molecule is N#Cc1cc2ccccc2nc1N1CCCCC1. The molecule has 0 amide bonds. The zero-order valence-corrected chi connectivity index (χ0v) is 10.3. The van der Waals surface area contributed by atoms with Crippen LogP contribution in [0.1, 0.15) is 24.8 Å². The molecule has 0 radical (unpaired) electrons. The average Bonchev–Trinajstić information content (AvgIpc) is 2.46. The molecule has 0 bridgehead atoms. The van der Waals surface area contributed by atoms with Gasteiger partial charge in [0, 0.05) is 18.5 Å². The maximum absolute atomic E-state index is 9.29. The Morgan fingerprint density at radius 2 is 1.89 bits per heavy atom. The van der Waals surface area contributed by atoms with Gasteiger partial charge in [-0.15, -0.1) is 0 Å². The number of para-hydroxylation sites is 1. The molecule has 2 aromatic rings. The molecule has 0 saturated carbocycles. The van der Waals surface area contributed by atoms with Gasteiger partial charge in [-0.2, -0.15) is 5.26 Å². The van der Waals surface area contributed by atoms with Crippen LogP contribution in [0.25, 0.3) is 10.9 Å². The molecule has 1 aliphatic heterocycles. The van der Waals surface area contributed by atoms with Gasteiger partial charge in [-0.25, -0.2) is 4.98 Å². The van der Waals surface area contributed by atoms with Gasteiger partial charge in [0.15, 0.2) is 0 Å². The highest BCUT2D eigenvalue weighted by Gasteiger charge is 2.16. The molecule has 1 fully saturated rings. The Labute approximate surface area is 107 Å². The quantitative estimate of drug-likeness (QED) is 0.765. The van der Waals surface area contributed by atoms with Crippen LogP contribution in [-0.2, 0) is 0 Å². The Bertz CT molecular complexity index is 607. The van der Waals surface area contributed by atoms with Crippen LogP contribution in [0.15, 0.2) is 30.3 Å². The number of anilines is 1. The second-order valence-corrected chi connectivity index (χ2v) is 4.71. The summed E-state index contributed by atoms with van der Waals surface area (Å²) in [6.07, 6.45) is 3.67. The summed E-state index contributed by atoms with van der Waals surface area (Å²) >= 11 is 0. The first kappa shape index (κ1) is 11.0. The highest BCUT2D eigenvalue weighted by molar-refractivity contribution is 5.83. The van der Waals surface area contributed by atoms with Crippen molar-refractivity contribution in [1.29, 1.82) is 5.26 Å². The summed E-state index contributed by atoms with van der Waals surface area (Å²) in [5, 5.41) is 10.3. The van der Waals surface area contributed by atoms with Gasteiger partial charge < -0.3 is 4.90 Å². The van der Waals surface area contributed by atoms with E-state index in [9.17, 15) is 5.26 Å². The van der Waals surface area contributed by atoms with E-state index in [4.69, 9.17) is 0 Å². The Morgan fingerprint density at radius 3 is 2.67 bits per heavy atom. The van der Waals surface area contributed by atoms with Gasteiger partial charge >= 0.3 is 0 Å². The van der Waals surface area contributed by atoms with Gasteiger partial charge in [0.25, 0.3) is 0 Å². The Morgan fingerprint density at radius 1 is 1.11 bits per heavy atom. The third-order valence-electron chi connectivity index (χ3n) is 3.48. The first-order valence-corrected chi connectivity index (χ1v) is 6.43. The van der Waals surface area contributed by atoms with Crippen molar-refractivity contribution in [3.05, 3.63) is 35.9 Å². The molecule has 3 heteroatoms. The minimum absolute atomic E-state index is 0.690. The molecule has 18 heavy (non-hydrogen) atoms. The van der Waals surface area contributed by atoms with Crippen LogP contribution in [0, 0.1) is 11.3 Å². The molecule has 0 aliphatic carbocycles. The summed E-state index contributed by atoms with van der Waals surface area (Å²) in [5.41, 5.74) is 1.66. The van der Waals surface area contributed by atoms with Crippen LogP contribution in [-0.4, -0.2) is 18.1 Å². The van der Waals surface area contributed by atoms with Crippen molar-refractivity contribution in [2.75, 3.05) is 18.0 Å². The smallest absolute Gasteiger partial charge is 0.147 e. The Kier molecular flexibility index (Phi) is 2.85. The lowest BCUT2D eigenvalue weighted by molar-refractivity contribution is 0.573. The number of aromatic nitrogens is 1. The molecule has 3 nitrogen and oxygen atoms in total. The lowest BCUT2D eigenvalue weighted by atomic mass is 10.1. The van der Waals surface area contributed by atoms with E-state index in [0.717, 1.165) is 29.8 Å². The van der Waals surface area contributed by atoms with Gasteiger partial charge in [-0.3, -0.25) is 0 Å². The summed E-state index contributed by atoms with van der Waals surface area (Å²) in [5.74, 6) is 0.857. The van der Waals surface area contributed by atoms with Crippen LogP contribution in [0.2, 0.25) is 0 Å². The van der Waals surface area contributed by atoms with Gasteiger partial charge in [-0.05, 0) is 31.4 Å². The molecule has 0 spiro atoms. The molecule has 1 aromatic carbocycles. The molecule has 2 heterocycles. The number of nitrogens with zero attached hydrogens (tertiary/aromatic N) is 3. The molecule has 1 aromatic heterocycles. The third-order valence-corrected chi connectivity index (χ3v) is 3.48. The maximum atomic E-state index is 9.29. The minimum atomic E-state index is 0.690. The highest BCUT2D eigenvalue weighted by Crippen LogP contribution is 2.25. The normalized spacial score (nSPS) is 15.6. The largest absolute Gasteiger partial charge is 0.356 e. The van der Waals surface area contributed by atoms with E-state index in [1.807, 2.05) is 30.3 Å². The van der Waals surface area contributed by atoms with Crippen LogP contribution in [0.4, 0.5) is 5.82 Å². The summed E-state index contributed by atoms with van der Waals surface area (Å²) in [6, 6.07) is 12.2. The second-order valence-electron chi connectivity index (χ2n) is 4.71. The van der Waals surface area contributed by atoms with Crippen LogP contribution < -0.4 is 4.90 Å². The van der Waals surface area contributed by atoms with Gasteiger partial charge in [0.05, 0.1) is 11.1 Å². The molecule has 0 unspecified atom stereocenters. The van der Waals surface area contributed by atoms with Crippen LogP contribution in [0.5, 0.6) is 0 Å². The second kappa shape index (κ2) is 4.66. The van der Waals surface area contributed by atoms with Crippen molar-refractivity contribution in [3.63, 3.8) is 0 Å². The predicted molar refractivity (Wildman–Crippen MR) is 72.5 cm³/mol.